The molecule has 27 heavy (non-hydrogen) atoms. The molecule has 1 saturated carbocycles. The second-order valence-corrected chi connectivity index (χ2v) is 8.52. The first-order chi connectivity index (χ1) is 13.0. The van der Waals surface area contributed by atoms with Gasteiger partial charge < -0.3 is 14.5 Å². The van der Waals surface area contributed by atoms with Crippen LogP contribution < -0.4 is 0 Å². The lowest BCUT2D eigenvalue weighted by Crippen LogP contribution is -2.41. The maximum atomic E-state index is 12.9. The van der Waals surface area contributed by atoms with Gasteiger partial charge in [-0.15, -0.1) is 0 Å². The molecular formula is C22H30N2O3. The number of carbonyl (C=O) groups is 2. The van der Waals surface area contributed by atoms with Crippen LogP contribution >= 0.6 is 0 Å². The number of amides is 1. The highest BCUT2D eigenvalue weighted by Crippen LogP contribution is 2.48. The summed E-state index contributed by atoms with van der Waals surface area (Å²) >= 11 is 0. The molecule has 4 rings (SSSR count). The SMILES string of the molecule is Cc1ccc2c(c1)C(=O)OC21CCC(C(=O)N(C)CCN2CCCC2)CC1. The molecule has 1 aromatic carbocycles. The monoisotopic (exact) mass is 370 g/mol. The Bertz CT molecular complexity index is 731. The molecule has 1 aromatic rings. The lowest BCUT2D eigenvalue weighted by molar-refractivity contribution is -0.137. The molecule has 1 amide bonds. The van der Waals surface area contributed by atoms with Crippen molar-refractivity contribution in [1.82, 2.24) is 9.80 Å². The van der Waals surface area contributed by atoms with Gasteiger partial charge in [0.2, 0.25) is 5.91 Å². The van der Waals surface area contributed by atoms with Crippen molar-refractivity contribution in [2.24, 2.45) is 5.92 Å². The maximum absolute atomic E-state index is 12.9. The lowest BCUT2D eigenvalue weighted by atomic mass is 9.74. The zero-order valence-corrected chi connectivity index (χ0v) is 16.5. The summed E-state index contributed by atoms with van der Waals surface area (Å²) in [6.45, 7) is 6.10. The van der Waals surface area contributed by atoms with Crippen LogP contribution in [0.5, 0.6) is 0 Å². The van der Waals surface area contributed by atoms with Gasteiger partial charge in [0.1, 0.15) is 5.60 Å². The van der Waals surface area contributed by atoms with Gasteiger partial charge in [0.25, 0.3) is 0 Å². The van der Waals surface area contributed by atoms with Crippen LogP contribution in [0.4, 0.5) is 0 Å². The number of nitrogens with zero attached hydrogens (tertiary/aromatic N) is 2. The molecular weight excluding hydrogens is 340 g/mol. The number of aryl methyl sites for hydroxylation is 1. The summed E-state index contributed by atoms with van der Waals surface area (Å²) in [5.41, 5.74) is 2.30. The van der Waals surface area contributed by atoms with Crippen molar-refractivity contribution in [3.63, 3.8) is 0 Å². The van der Waals surface area contributed by atoms with Gasteiger partial charge in [-0.25, -0.2) is 4.79 Å². The number of benzene rings is 1. The zero-order valence-electron chi connectivity index (χ0n) is 16.5. The Balaban J connectivity index is 1.36. The molecule has 1 spiro atoms. The standard InChI is InChI=1S/C22H30N2O3/c1-16-5-6-19-18(15-16)21(26)27-22(19)9-7-17(8-10-22)20(25)23(2)13-14-24-11-3-4-12-24/h5-6,15,17H,3-4,7-14H2,1-2H3. The average Bonchev–Trinajstić information content (AvgIpc) is 3.27. The summed E-state index contributed by atoms with van der Waals surface area (Å²) in [6.07, 6.45) is 5.61. The smallest absolute Gasteiger partial charge is 0.339 e. The molecule has 0 atom stereocenters. The van der Waals surface area contributed by atoms with E-state index in [0.717, 1.165) is 63.0 Å². The molecule has 2 fully saturated rings. The van der Waals surface area contributed by atoms with Crippen LogP contribution in [0, 0.1) is 12.8 Å². The van der Waals surface area contributed by atoms with Crippen LogP contribution in [0.25, 0.3) is 0 Å². The van der Waals surface area contributed by atoms with E-state index in [1.54, 1.807) is 0 Å². The van der Waals surface area contributed by atoms with E-state index >= 15 is 0 Å². The summed E-state index contributed by atoms with van der Waals surface area (Å²) in [5.74, 6) is 0.0890. The predicted molar refractivity (Wildman–Crippen MR) is 104 cm³/mol. The highest BCUT2D eigenvalue weighted by molar-refractivity contribution is 5.95. The van der Waals surface area contributed by atoms with Crippen LogP contribution in [0.2, 0.25) is 0 Å². The normalized spacial score (nSPS) is 27.6. The van der Waals surface area contributed by atoms with E-state index in [9.17, 15) is 9.59 Å². The third-order valence-electron chi connectivity index (χ3n) is 6.64. The zero-order chi connectivity index (χ0) is 19.0. The van der Waals surface area contributed by atoms with E-state index in [1.807, 2.05) is 37.1 Å². The predicted octanol–water partition coefficient (Wildman–Crippen LogP) is 3.11. The molecule has 1 aliphatic carbocycles. The van der Waals surface area contributed by atoms with Crippen molar-refractivity contribution in [3.8, 4) is 0 Å². The first-order valence-electron chi connectivity index (χ1n) is 10.3. The quantitative estimate of drug-likeness (QED) is 0.764. The molecule has 5 heteroatoms. The summed E-state index contributed by atoms with van der Waals surface area (Å²) in [6, 6.07) is 6.02. The second-order valence-electron chi connectivity index (χ2n) is 8.52. The van der Waals surface area contributed by atoms with Gasteiger partial charge in [-0.1, -0.05) is 17.7 Å². The minimum atomic E-state index is -0.509. The fraction of sp³-hybridized carbons (Fsp3) is 0.636. The summed E-state index contributed by atoms with van der Waals surface area (Å²) in [5, 5.41) is 0. The number of esters is 1. The Kier molecular flexibility index (Phi) is 4.97. The first kappa shape index (κ1) is 18.5. The van der Waals surface area contributed by atoms with Crippen LogP contribution in [0.3, 0.4) is 0 Å². The molecule has 3 aliphatic rings. The van der Waals surface area contributed by atoms with Gasteiger partial charge in [-0.05, 0) is 64.6 Å². The van der Waals surface area contributed by atoms with E-state index in [-0.39, 0.29) is 17.8 Å². The minimum Gasteiger partial charge on any atom is -0.451 e. The second kappa shape index (κ2) is 7.27. The lowest BCUT2D eigenvalue weighted by Gasteiger charge is -2.37. The summed E-state index contributed by atoms with van der Waals surface area (Å²) in [4.78, 5) is 29.5. The highest BCUT2D eigenvalue weighted by atomic mass is 16.6. The Morgan fingerprint density at radius 2 is 1.96 bits per heavy atom. The number of ether oxygens (including phenoxy) is 1. The van der Waals surface area contributed by atoms with E-state index in [2.05, 4.69) is 4.90 Å². The summed E-state index contributed by atoms with van der Waals surface area (Å²) in [7, 11) is 1.93. The third-order valence-corrected chi connectivity index (χ3v) is 6.64. The molecule has 1 saturated heterocycles. The topological polar surface area (TPSA) is 49.9 Å². The minimum absolute atomic E-state index is 0.0485. The Morgan fingerprint density at radius 1 is 1.26 bits per heavy atom. The molecule has 2 aliphatic heterocycles. The molecule has 0 radical (unpaired) electrons. The van der Waals surface area contributed by atoms with Crippen LogP contribution in [-0.4, -0.2) is 54.9 Å². The van der Waals surface area contributed by atoms with Crippen molar-refractivity contribution >= 4 is 11.9 Å². The molecule has 0 N–H and O–H groups in total. The van der Waals surface area contributed by atoms with Gasteiger partial charge in [-0.3, -0.25) is 4.79 Å². The number of likely N-dealkylation sites (N-methyl/N-ethyl adjacent to an activating group) is 1. The average molecular weight is 370 g/mol. The Labute approximate surface area is 161 Å². The number of hydrogen-bond donors (Lipinski definition) is 0. The van der Waals surface area contributed by atoms with Crippen molar-refractivity contribution in [1.29, 1.82) is 0 Å². The number of hydrogen-bond acceptors (Lipinski definition) is 4. The van der Waals surface area contributed by atoms with E-state index < -0.39 is 5.60 Å². The van der Waals surface area contributed by atoms with Crippen molar-refractivity contribution in [2.75, 3.05) is 33.2 Å². The van der Waals surface area contributed by atoms with Gasteiger partial charge in [0, 0.05) is 31.6 Å². The molecule has 0 bridgehead atoms. The van der Waals surface area contributed by atoms with Gasteiger partial charge in [-0.2, -0.15) is 0 Å². The summed E-state index contributed by atoms with van der Waals surface area (Å²) < 4.78 is 5.85. The first-order valence-corrected chi connectivity index (χ1v) is 10.3. The van der Waals surface area contributed by atoms with E-state index in [1.165, 1.54) is 12.8 Å². The third kappa shape index (κ3) is 3.49. The van der Waals surface area contributed by atoms with Crippen molar-refractivity contribution < 1.29 is 14.3 Å². The number of fused-ring (bicyclic) bond motifs is 2. The molecule has 5 nitrogen and oxygen atoms in total. The Morgan fingerprint density at radius 3 is 2.67 bits per heavy atom. The van der Waals surface area contributed by atoms with Crippen LogP contribution in [-0.2, 0) is 15.1 Å². The van der Waals surface area contributed by atoms with Gasteiger partial charge >= 0.3 is 5.97 Å². The fourth-order valence-electron chi connectivity index (χ4n) is 4.93. The van der Waals surface area contributed by atoms with Crippen molar-refractivity contribution in [3.05, 3.63) is 34.9 Å². The number of rotatable bonds is 4. The van der Waals surface area contributed by atoms with E-state index in [0.29, 0.717) is 5.56 Å². The fourth-order valence-corrected chi connectivity index (χ4v) is 4.93. The molecule has 146 valence electrons. The van der Waals surface area contributed by atoms with E-state index in [4.69, 9.17) is 4.74 Å². The van der Waals surface area contributed by atoms with Gasteiger partial charge in [0.15, 0.2) is 0 Å². The highest BCUT2D eigenvalue weighted by Gasteiger charge is 2.48. The molecule has 0 unspecified atom stereocenters. The maximum Gasteiger partial charge on any atom is 0.339 e. The Hall–Kier alpha value is -1.88. The van der Waals surface area contributed by atoms with Crippen LogP contribution in [0.1, 0.15) is 60.0 Å². The van der Waals surface area contributed by atoms with Gasteiger partial charge in [0.05, 0.1) is 5.56 Å². The number of likely N-dealkylation sites (tertiary alicyclic amines) is 1. The number of carbonyl (C=O) groups excluding carboxylic acids is 2. The largest absolute Gasteiger partial charge is 0.451 e. The van der Waals surface area contributed by atoms with Crippen LogP contribution in [0.15, 0.2) is 18.2 Å². The molecule has 2 heterocycles. The van der Waals surface area contributed by atoms with Crippen molar-refractivity contribution in [2.45, 2.75) is 51.0 Å². The molecule has 0 aromatic heterocycles.